The molecule has 2 aromatic rings. The second-order valence-electron chi connectivity index (χ2n) is 5.89. The number of nitrogens with zero attached hydrogens (tertiary/aromatic N) is 1. The summed E-state index contributed by atoms with van der Waals surface area (Å²) in [6.45, 7) is 3.83. The SMILES string of the molecule is COc1ccc(N(Cc2ccco2)C(=O)CC(O)C(C)C)cc1F. The van der Waals surface area contributed by atoms with Crippen molar-refractivity contribution in [2.24, 2.45) is 5.92 Å². The summed E-state index contributed by atoms with van der Waals surface area (Å²) in [5.74, 6) is -0.245. The van der Waals surface area contributed by atoms with Crippen LogP contribution >= 0.6 is 0 Å². The second kappa shape index (κ2) is 7.97. The fourth-order valence-corrected chi connectivity index (χ4v) is 2.23. The average molecular weight is 335 g/mol. The normalized spacial score (nSPS) is 12.2. The first-order valence-electron chi connectivity index (χ1n) is 7.76. The topological polar surface area (TPSA) is 62.9 Å². The van der Waals surface area contributed by atoms with Crippen molar-refractivity contribution in [2.75, 3.05) is 12.0 Å². The van der Waals surface area contributed by atoms with E-state index in [4.69, 9.17) is 9.15 Å². The number of carbonyl (C=O) groups is 1. The highest BCUT2D eigenvalue weighted by Crippen LogP contribution is 2.26. The highest BCUT2D eigenvalue weighted by atomic mass is 19.1. The standard InChI is InChI=1S/C18H22FNO4/c1-12(2)16(21)10-18(22)20(11-14-5-4-8-24-14)13-6-7-17(23-3)15(19)9-13/h4-9,12,16,21H,10-11H2,1-3H3. The van der Waals surface area contributed by atoms with Gasteiger partial charge in [0.1, 0.15) is 5.76 Å². The number of hydrogen-bond donors (Lipinski definition) is 1. The molecular formula is C18H22FNO4. The molecule has 1 unspecified atom stereocenters. The van der Waals surface area contributed by atoms with E-state index in [0.717, 1.165) is 0 Å². The summed E-state index contributed by atoms with van der Waals surface area (Å²) in [6.07, 6.45) is 0.696. The zero-order chi connectivity index (χ0) is 17.7. The predicted molar refractivity (Wildman–Crippen MR) is 88.3 cm³/mol. The summed E-state index contributed by atoms with van der Waals surface area (Å²) < 4.78 is 24.2. The summed E-state index contributed by atoms with van der Waals surface area (Å²) >= 11 is 0. The fraction of sp³-hybridized carbons (Fsp3) is 0.389. The molecule has 0 spiro atoms. The lowest BCUT2D eigenvalue weighted by Gasteiger charge is -2.24. The zero-order valence-corrected chi connectivity index (χ0v) is 14.0. The minimum absolute atomic E-state index is 0.0491. The maximum absolute atomic E-state index is 14.0. The van der Waals surface area contributed by atoms with Gasteiger partial charge in [0, 0.05) is 11.8 Å². The lowest BCUT2D eigenvalue weighted by molar-refractivity contribution is -0.121. The molecule has 0 aliphatic heterocycles. The van der Waals surface area contributed by atoms with Crippen molar-refractivity contribution in [3.05, 3.63) is 48.2 Å². The molecule has 1 atom stereocenters. The van der Waals surface area contributed by atoms with Gasteiger partial charge in [0.15, 0.2) is 11.6 Å². The molecule has 1 aromatic carbocycles. The van der Waals surface area contributed by atoms with Crippen molar-refractivity contribution in [1.82, 2.24) is 0 Å². The molecule has 1 N–H and O–H groups in total. The van der Waals surface area contributed by atoms with Crippen LogP contribution in [-0.2, 0) is 11.3 Å². The molecule has 5 nitrogen and oxygen atoms in total. The summed E-state index contributed by atoms with van der Waals surface area (Å²) in [4.78, 5) is 14.0. The smallest absolute Gasteiger partial charge is 0.230 e. The highest BCUT2D eigenvalue weighted by Gasteiger charge is 2.23. The number of halogens is 1. The van der Waals surface area contributed by atoms with Gasteiger partial charge < -0.3 is 19.2 Å². The number of carbonyl (C=O) groups excluding carboxylic acids is 1. The third kappa shape index (κ3) is 4.35. The van der Waals surface area contributed by atoms with Gasteiger partial charge >= 0.3 is 0 Å². The second-order valence-corrected chi connectivity index (χ2v) is 5.89. The number of anilines is 1. The lowest BCUT2D eigenvalue weighted by Crippen LogP contribution is -2.34. The molecule has 130 valence electrons. The first-order valence-corrected chi connectivity index (χ1v) is 7.76. The van der Waals surface area contributed by atoms with Crippen LogP contribution in [0, 0.1) is 11.7 Å². The Balaban J connectivity index is 2.28. The van der Waals surface area contributed by atoms with Crippen LogP contribution in [0.1, 0.15) is 26.0 Å². The number of methoxy groups -OCH3 is 1. The maximum atomic E-state index is 14.0. The Morgan fingerprint density at radius 2 is 2.12 bits per heavy atom. The van der Waals surface area contributed by atoms with E-state index in [9.17, 15) is 14.3 Å². The van der Waals surface area contributed by atoms with Gasteiger partial charge in [-0.1, -0.05) is 13.8 Å². The van der Waals surface area contributed by atoms with E-state index in [1.807, 2.05) is 13.8 Å². The van der Waals surface area contributed by atoms with Crippen LogP contribution in [0.25, 0.3) is 0 Å². The number of ether oxygens (including phenoxy) is 1. The zero-order valence-electron chi connectivity index (χ0n) is 14.0. The van der Waals surface area contributed by atoms with Crippen molar-refractivity contribution in [2.45, 2.75) is 32.9 Å². The Hall–Kier alpha value is -2.34. The third-order valence-electron chi connectivity index (χ3n) is 3.80. The first-order chi connectivity index (χ1) is 11.4. The minimum Gasteiger partial charge on any atom is -0.494 e. The van der Waals surface area contributed by atoms with Crippen LogP contribution in [0.5, 0.6) is 5.75 Å². The van der Waals surface area contributed by atoms with E-state index in [0.29, 0.717) is 11.4 Å². The van der Waals surface area contributed by atoms with Gasteiger partial charge in [-0.3, -0.25) is 4.79 Å². The number of amides is 1. The molecule has 0 bridgehead atoms. The van der Waals surface area contributed by atoms with Gasteiger partial charge in [0.05, 0.1) is 32.4 Å². The van der Waals surface area contributed by atoms with Crippen LogP contribution in [-0.4, -0.2) is 24.2 Å². The molecular weight excluding hydrogens is 313 g/mol. The number of furan rings is 1. The molecule has 0 saturated heterocycles. The van der Waals surface area contributed by atoms with Crippen LogP contribution in [0.4, 0.5) is 10.1 Å². The van der Waals surface area contributed by atoms with E-state index in [1.165, 1.54) is 30.4 Å². The molecule has 0 saturated carbocycles. The van der Waals surface area contributed by atoms with Crippen LogP contribution < -0.4 is 9.64 Å². The van der Waals surface area contributed by atoms with Crippen molar-refractivity contribution in [1.29, 1.82) is 0 Å². The molecule has 6 heteroatoms. The molecule has 0 radical (unpaired) electrons. The van der Waals surface area contributed by atoms with E-state index in [-0.39, 0.29) is 30.5 Å². The molecule has 1 amide bonds. The predicted octanol–water partition coefficient (Wildman–Crippen LogP) is 3.37. The number of benzene rings is 1. The van der Waals surface area contributed by atoms with Gasteiger partial charge in [-0.25, -0.2) is 4.39 Å². The monoisotopic (exact) mass is 335 g/mol. The Labute approximate surface area is 140 Å². The van der Waals surface area contributed by atoms with Crippen molar-refractivity contribution in [3.63, 3.8) is 0 Å². The van der Waals surface area contributed by atoms with Crippen LogP contribution in [0.15, 0.2) is 41.0 Å². The number of aliphatic hydroxyl groups excluding tert-OH is 1. The quantitative estimate of drug-likeness (QED) is 0.843. The van der Waals surface area contributed by atoms with Crippen molar-refractivity contribution in [3.8, 4) is 5.75 Å². The molecule has 0 aliphatic carbocycles. The van der Waals surface area contributed by atoms with Gasteiger partial charge in [-0.15, -0.1) is 0 Å². The van der Waals surface area contributed by atoms with Crippen molar-refractivity contribution >= 4 is 11.6 Å². The summed E-state index contributed by atoms with van der Waals surface area (Å²) in [5.41, 5.74) is 0.380. The van der Waals surface area contributed by atoms with Crippen molar-refractivity contribution < 1.29 is 23.4 Å². The Bertz CT molecular complexity index is 670. The first kappa shape index (κ1) is 18.0. The minimum atomic E-state index is -0.764. The Morgan fingerprint density at radius 3 is 2.67 bits per heavy atom. The molecule has 1 aromatic heterocycles. The summed E-state index contributed by atoms with van der Waals surface area (Å²) in [6, 6.07) is 7.76. The Morgan fingerprint density at radius 1 is 1.38 bits per heavy atom. The molecule has 24 heavy (non-hydrogen) atoms. The molecule has 0 fully saturated rings. The van der Waals surface area contributed by atoms with E-state index in [1.54, 1.807) is 18.2 Å². The average Bonchev–Trinajstić information content (AvgIpc) is 3.05. The van der Waals surface area contributed by atoms with Gasteiger partial charge in [-0.05, 0) is 30.2 Å². The molecule has 2 rings (SSSR count). The van der Waals surface area contributed by atoms with Gasteiger partial charge in [-0.2, -0.15) is 0 Å². The summed E-state index contributed by atoms with van der Waals surface area (Å²) in [7, 11) is 1.38. The maximum Gasteiger partial charge on any atom is 0.230 e. The van der Waals surface area contributed by atoms with Gasteiger partial charge in [0.2, 0.25) is 5.91 Å². The highest BCUT2D eigenvalue weighted by molar-refractivity contribution is 5.93. The number of hydrogen-bond acceptors (Lipinski definition) is 4. The van der Waals surface area contributed by atoms with E-state index < -0.39 is 11.9 Å². The number of aliphatic hydroxyl groups is 1. The van der Waals surface area contributed by atoms with Crippen LogP contribution in [0.2, 0.25) is 0 Å². The van der Waals surface area contributed by atoms with E-state index in [2.05, 4.69) is 0 Å². The Kier molecular flexibility index (Phi) is 5.98. The number of rotatable bonds is 7. The largest absolute Gasteiger partial charge is 0.494 e. The third-order valence-corrected chi connectivity index (χ3v) is 3.80. The molecule has 1 heterocycles. The molecule has 0 aliphatic rings. The van der Waals surface area contributed by atoms with Crippen LogP contribution in [0.3, 0.4) is 0 Å². The van der Waals surface area contributed by atoms with E-state index >= 15 is 0 Å². The fourth-order valence-electron chi connectivity index (χ4n) is 2.23. The summed E-state index contributed by atoms with van der Waals surface area (Å²) in [5, 5.41) is 9.99. The lowest BCUT2D eigenvalue weighted by atomic mass is 10.0. The van der Waals surface area contributed by atoms with Gasteiger partial charge in [0.25, 0.3) is 0 Å².